The largest absolute Gasteiger partial charge is 0.384 e. The van der Waals surface area contributed by atoms with Crippen LogP contribution in [-0.4, -0.2) is 30.4 Å². The predicted octanol–water partition coefficient (Wildman–Crippen LogP) is 3.28. The molecule has 1 N–H and O–H groups in total. The first kappa shape index (κ1) is 15.5. The third kappa shape index (κ3) is 4.27. The highest BCUT2D eigenvalue weighted by atomic mass is 16.2. The van der Waals surface area contributed by atoms with Crippen LogP contribution in [0.5, 0.6) is 0 Å². The van der Waals surface area contributed by atoms with Crippen LogP contribution < -0.4 is 5.32 Å². The molecule has 1 aromatic rings. The van der Waals surface area contributed by atoms with Crippen molar-refractivity contribution in [3.63, 3.8) is 0 Å². The van der Waals surface area contributed by atoms with Crippen molar-refractivity contribution in [2.24, 2.45) is 0 Å². The second-order valence-electron chi connectivity index (χ2n) is 5.02. The van der Waals surface area contributed by atoms with Gasteiger partial charge in [0.1, 0.15) is 0 Å². The van der Waals surface area contributed by atoms with Gasteiger partial charge in [-0.15, -0.1) is 0 Å². The van der Waals surface area contributed by atoms with Gasteiger partial charge in [-0.05, 0) is 45.7 Å². The van der Waals surface area contributed by atoms with Crippen molar-refractivity contribution in [2.45, 2.75) is 41.0 Å². The lowest BCUT2D eigenvalue weighted by Crippen LogP contribution is -2.31. The van der Waals surface area contributed by atoms with E-state index in [0.717, 1.165) is 18.8 Å². The summed E-state index contributed by atoms with van der Waals surface area (Å²) < 4.78 is 0. The predicted molar refractivity (Wildman–Crippen MR) is 81.7 cm³/mol. The Morgan fingerprint density at radius 3 is 2.11 bits per heavy atom. The summed E-state index contributed by atoms with van der Waals surface area (Å²) in [6, 6.07) is 4.34. The standard InChI is InChI=1S/C16H26N2O/c1-6-18(7-2)15(19)8-9-17-16-13(4)10-12(3)11-14(16)5/h10-11,17H,6-9H2,1-5H3. The normalized spacial score (nSPS) is 10.4. The number of rotatable bonds is 6. The van der Waals surface area contributed by atoms with Gasteiger partial charge in [0.15, 0.2) is 0 Å². The van der Waals surface area contributed by atoms with Crippen LogP contribution in [0.15, 0.2) is 12.1 Å². The summed E-state index contributed by atoms with van der Waals surface area (Å²) in [5.41, 5.74) is 4.93. The fraction of sp³-hybridized carbons (Fsp3) is 0.562. The topological polar surface area (TPSA) is 32.3 Å². The van der Waals surface area contributed by atoms with E-state index in [2.05, 4.69) is 38.2 Å². The van der Waals surface area contributed by atoms with Crippen molar-refractivity contribution in [3.8, 4) is 0 Å². The second kappa shape index (κ2) is 7.17. The van der Waals surface area contributed by atoms with E-state index in [9.17, 15) is 4.79 Å². The minimum absolute atomic E-state index is 0.222. The molecule has 0 aliphatic carbocycles. The Balaban J connectivity index is 2.57. The summed E-state index contributed by atoms with van der Waals surface area (Å²) in [5, 5.41) is 3.39. The monoisotopic (exact) mass is 262 g/mol. The van der Waals surface area contributed by atoms with Crippen LogP contribution in [0.1, 0.15) is 37.0 Å². The van der Waals surface area contributed by atoms with E-state index in [1.165, 1.54) is 16.7 Å². The first-order valence-electron chi connectivity index (χ1n) is 7.09. The van der Waals surface area contributed by atoms with Gasteiger partial charge in [-0.25, -0.2) is 0 Å². The molecule has 0 bridgehead atoms. The zero-order chi connectivity index (χ0) is 14.4. The third-order valence-electron chi connectivity index (χ3n) is 3.43. The van der Waals surface area contributed by atoms with E-state index in [-0.39, 0.29) is 5.91 Å². The van der Waals surface area contributed by atoms with Crippen LogP contribution >= 0.6 is 0 Å². The van der Waals surface area contributed by atoms with E-state index >= 15 is 0 Å². The second-order valence-corrected chi connectivity index (χ2v) is 5.02. The molecule has 3 heteroatoms. The molecule has 0 atom stereocenters. The van der Waals surface area contributed by atoms with Gasteiger partial charge in [-0.2, -0.15) is 0 Å². The molecule has 1 amide bonds. The maximum absolute atomic E-state index is 11.9. The maximum Gasteiger partial charge on any atom is 0.224 e. The number of anilines is 1. The van der Waals surface area contributed by atoms with Gasteiger partial charge in [0.2, 0.25) is 5.91 Å². The number of hydrogen-bond acceptors (Lipinski definition) is 2. The lowest BCUT2D eigenvalue weighted by molar-refractivity contribution is -0.130. The average Bonchev–Trinajstić information content (AvgIpc) is 2.34. The molecular weight excluding hydrogens is 236 g/mol. The minimum Gasteiger partial charge on any atom is -0.384 e. The molecular formula is C16H26N2O. The lowest BCUT2D eigenvalue weighted by Gasteiger charge is -2.19. The minimum atomic E-state index is 0.222. The van der Waals surface area contributed by atoms with Crippen LogP contribution in [0.4, 0.5) is 5.69 Å². The molecule has 0 heterocycles. The number of aryl methyl sites for hydroxylation is 3. The van der Waals surface area contributed by atoms with Gasteiger partial charge in [0.05, 0.1) is 0 Å². The molecule has 19 heavy (non-hydrogen) atoms. The fourth-order valence-electron chi connectivity index (χ4n) is 2.49. The summed E-state index contributed by atoms with van der Waals surface area (Å²) in [6.07, 6.45) is 0.550. The molecule has 0 radical (unpaired) electrons. The molecule has 0 unspecified atom stereocenters. The van der Waals surface area contributed by atoms with Gasteiger partial charge in [-0.3, -0.25) is 4.79 Å². The van der Waals surface area contributed by atoms with Gasteiger partial charge < -0.3 is 10.2 Å². The van der Waals surface area contributed by atoms with Crippen molar-refractivity contribution < 1.29 is 4.79 Å². The smallest absolute Gasteiger partial charge is 0.224 e. The maximum atomic E-state index is 11.9. The first-order chi connectivity index (χ1) is 8.99. The molecule has 0 saturated heterocycles. The Morgan fingerprint density at radius 1 is 1.11 bits per heavy atom. The third-order valence-corrected chi connectivity index (χ3v) is 3.43. The fourth-order valence-corrected chi connectivity index (χ4v) is 2.49. The number of carbonyl (C=O) groups is 1. The zero-order valence-electron chi connectivity index (χ0n) is 12.8. The van der Waals surface area contributed by atoms with Crippen LogP contribution in [0.2, 0.25) is 0 Å². The Bertz CT molecular complexity index is 413. The number of benzene rings is 1. The van der Waals surface area contributed by atoms with E-state index in [1.54, 1.807) is 0 Å². The molecule has 0 aliphatic rings. The quantitative estimate of drug-likeness (QED) is 0.853. The van der Waals surface area contributed by atoms with Gasteiger partial charge in [0, 0.05) is 31.7 Å². The van der Waals surface area contributed by atoms with Crippen molar-refractivity contribution in [2.75, 3.05) is 25.0 Å². The Kier molecular flexibility index (Phi) is 5.87. The average molecular weight is 262 g/mol. The molecule has 3 nitrogen and oxygen atoms in total. The number of hydrogen-bond donors (Lipinski definition) is 1. The highest BCUT2D eigenvalue weighted by molar-refractivity contribution is 5.76. The van der Waals surface area contributed by atoms with Gasteiger partial charge in [-0.1, -0.05) is 17.7 Å². The Morgan fingerprint density at radius 2 is 1.63 bits per heavy atom. The van der Waals surface area contributed by atoms with Crippen LogP contribution in [0.3, 0.4) is 0 Å². The summed E-state index contributed by atoms with van der Waals surface area (Å²) in [4.78, 5) is 13.8. The highest BCUT2D eigenvalue weighted by Gasteiger charge is 2.09. The molecule has 0 fully saturated rings. The number of amides is 1. The van der Waals surface area contributed by atoms with Crippen molar-refractivity contribution >= 4 is 11.6 Å². The van der Waals surface area contributed by atoms with E-state index < -0.39 is 0 Å². The Labute approximate surface area is 117 Å². The summed E-state index contributed by atoms with van der Waals surface area (Å²) in [5.74, 6) is 0.222. The molecule has 0 aliphatic heterocycles. The molecule has 1 aromatic carbocycles. The van der Waals surface area contributed by atoms with Crippen molar-refractivity contribution in [3.05, 3.63) is 28.8 Å². The van der Waals surface area contributed by atoms with Crippen LogP contribution in [0, 0.1) is 20.8 Å². The van der Waals surface area contributed by atoms with Crippen molar-refractivity contribution in [1.29, 1.82) is 0 Å². The number of carbonyl (C=O) groups excluding carboxylic acids is 1. The van der Waals surface area contributed by atoms with E-state index in [4.69, 9.17) is 0 Å². The molecule has 1 rings (SSSR count). The van der Waals surface area contributed by atoms with Gasteiger partial charge >= 0.3 is 0 Å². The summed E-state index contributed by atoms with van der Waals surface area (Å²) >= 11 is 0. The Hall–Kier alpha value is -1.51. The van der Waals surface area contributed by atoms with Crippen LogP contribution in [0.25, 0.3) is 0 Å². The SMILES string of the molecule is CCN(CC)C(=O)CCNc1c(C)cc(C)cc1C. The summed E-state index contributed by atoms with van der Waals surface area (Å²) in [6.45, 7) is 12.6. The highest BCUT2D eigenvalue weighted by Crippen LogP contribution is 2.21. The summed E-state index contributed by atoms with van der Waals surface area (Å²) in [7, 11) is 0. The molecule has 0 spiro atoms. The lowest BCUT2D eigenvalue weighted by atomic mass is 10.1. The number of nitrogens with zero attached hydrogens (tertiary/aromatic N) is 1. The first-order valence-corrected chi connectivity index (χ1v) is 7.09. The van der Waals surface area contributed by atoms with Crippen LogP contribution in [-0.2, 0) is 4.79 Å². The van der Waals surface area contributed by atoms with E-state index in [1.807, 2.05) is 18.7 Å². The zero-order valence-corrected chi connectivity index (χ0v) is 12.8. The number of nitrogens with one attached hydrogen (secondary N) is 1. The molecule has 0 saturated carbocycles. The molecule has 0 aromatic heterocycles. The van der Waals surface area contributed by atoms with Gasteiger partial charge in [0.25, 0.3) is 0 Å². The molecule has 106 valence electrons. The van der Waals surface area contributed by atoms with E-state index in [0.29, 0.717) is 13.0 Å². The van der Waals surface area contributed by atoms with Crippen molar-refractivity contribution in [1.82, 2.24) is 4.90 Å².